The Morgan fingerprint density at radius 1 is 1.30 bits per heavy atom. The van der Waals surface area contributed by atoms with Crippen molar-refractivity contribution in [1.29, 1.82) is 0 Å². The zero-order valence-electron chi connectivity index (χ0n) is 13.7. The van der Waals surface area contributed by atoms with Gasteiger partial charge in [0.1, 0.15) is 5.75 Å². The number of nitrogens with two attached hydrogens (primary N) is 1. The number of rotatable bonds is 5. The van der Waals surface area contributed by atoms with E-state index in [1.54, 1.807) is 25.4 Å². The molecule has 2 aromatic rings. The summed E-state index contributed by atoms with van der Waals surface area (Å²) < 4.78 is 7.06. The zero-order valence-corrected chi connectivity index (χ0v) is 13.7. The summed E-state index contributed by atoms with van der Waals surface area (Å²) in [5, 5.41) is 0. The van der Waals surface area contributed by atoms with Crippen LogP contribution in [0.1, 0.15) is 38.5 Å². The van der Waals surface area contributed by atoms with Gasteiger partial charge in [0.15, 0.2) is 0 Å². The maximum Gasteiger partial charge on any atom is 0.251 e. The highest BCUT2D eigenvalue weighted by Crippen LogP contribution is 2.27. The number of ether oxygens (including phenoxy) is 1. The van der Waals surface area contributed by atoms with E-state index in [1.807, 2.05) is 10.6 Å². The summed E-state index contributed by atoms with van der Waals surface area (Å²) in [6.45, 7) is 0.730. The van der Waals surface area contributed by atoms with Crippen LogP contribution in [0.5, 0.6) is 5.75 Å². The van der Waals surface area contributed by atoms with Crippen molar-refractivity contribution >= 4 is 11.0 Å². The number of methoxy groups -OCH3 is 1. The largest absolute Gasteiger partial charge is 0.495 e. The first-order valence-corrected chi connectivity index (χ1v) is 8.46. The van der Waals surface area contributed by atoms with Crippen LogP contribution in [0.3, 0.4) is 0 Å². The lowest BCUT2D eigenvalue weighted by molar-refractivity contribution is 0.301. The second kappa shape index (κ2) is 7.13. The van der Waals surface area contributed by atoms with E-state index in [2.05, 4.69) is 4.98 Å². The molecule has 0 saturated heterocycles. The van der Waals surface area contributed by atoms with Gasteiger partial charge in [0.05, 0.1) is 24.3 Å². The summed E-state index contributed by atoms with van der Waals surface area (Å²) in [7, 11) is 1.61. The zero-order chi connectivity index (χ0) is 16.2. The summed E-state index contributed by atoms with van der Waals surface area (Å²) in [5.74, 6) is 1.44. The highest BCUT2D eigenvalue weighted by Gasteiger charge is 2.18. The molecule has 124 valence electrons. The molecule has 3 rings (SSSR count). The Bertz CT molecular complexity index is 718. The second-order valence-corrected chi connectivity index (χ2v) is 6.53. The van der Waals surface area contributed by atoms with Gasteiger partial charge in [-0.15, -0.1) is 0 Å². The number of hydrogen-bond acceptors (Lipinski definition) is 4. The van der Waals surface area contributed by atoms with Crippen LogP contribution in [-0.4, -0.2) is 22.7 Å². The fraction of sp³-hybridized carbons (Fsp3) is 0.556. The van der Waals surface area contributed by atoms with E-state index in [0.717, 1.165) is 49.2 Å². The maximum absolute atomic E-state index is 12.2. The highest BCUT2D eigenvalue weighted by atomic mass is 16.5. The third-order valence-corrected chi connectivity index (χ3v) is 4.93. The minimum atomic E-state index is 0.0261. The molecule has 1 aliphatic carbocycles. The minimum absolute atomic E-state index is 0.0261. The lowest BCUT2D eigenvalue weighted by Gasteiger charge is -2.26. The van der Waals surface area contributed by atoms with Gasteiger partial charge in [-0.2, -0.15) is 0 Å². The van der Waals surface area contributed by atoms with E-state index in [4.69, 9.17) is 10.5 Å². The van der Waals surface area contributed by atoms with Crippen molar-refractivity contribution < 1.29 is 4.74 Å². The van der Waals surface area contributed by atoms with Gasteiger partial charge < -0.3 is 15.0 Å². The van der Waals surface area contributed by atoms with Crippen molar-refractivity contribution in [3.63, 3.8) is 0 Å². The van der Waals surface area contributed by atoms with Crippen molar-refractivity contribution in [1.82, 2.24) is 9.55 Å². The Labute approximate surface area is 136 Å². The molecule has 2 aromatic heterocycles. The molecule has 5 heteroatoms. The molecule has 1 aliphatic rings. The van der Waals surface area contributed by atoms with Crippen molar-refractivity contribution in [2.45, 2.75) is 51.1 Å². The molecular formula is C18H25N3O2. The molecule has 0 bridgehead atoms. The predicted octanol–water partition coefficient (Wildman–Crippen LogP) is 2.70. The van der Waals surface area contributed by atoms with Gasteiger partial charge in [0.25, 0.3) is 5.56 Å². The quantitative estimate of drug-likeness (QED) is 0.921. The Hall–Kier alpha value is -1.88. The summed E-state index contributed by atoms with van der Waals surface area (Å²) in [6, 6.07) is 5.66. The standard InChI is InChI=1S/C18H25N3O2/c1-23-15-11-17-16(20-12-15)8-9-18(22)21(17)10-2-3-13-4-6-14(19)7-5-13/h8-9,11-14H,2-7,10,19H2,1H3. The average Bonchev–Trinajstić information content (AvgIpc) is 2.58. The molecule has 5 nitrogen and oxygen atoms in total. The second-order valence-electron chi connectivity index (χ2n) is 6.53. The first-order valence-electron chi connectivity index (χ1n) is 8.46. The molecule has 0 spiro atoms. The van der Waals surface area contributed by atoms with Crippen LogP contribution >= 0.6 is 0 Å². The monoisotopic (exact) mass is 315 g/mol. The number of fused-ring (bicyclic) bond motifs is 1. The number of aromatic nitrogens is 2. The number of pyridine rings is 2. The molecular weight excluding hydrogens is 290 g/mol. The normalized spacial score (nSPS) is 21.5. The Balaban J connectivity index is 1.71. The van der Waals surface area contributed by atoms with Crippen LogP contribution in [0.15, 0.2) is 29.2 Å². The third-order valence-electron chi connectivity index (χ3n) is 4.93. The van der Waals surface area contributed by atoms with E-state index in [9.17, 15) is 4.79 Å². The highest BCUT2D eigenvalue weighted by molar-refractivity contribution is 5.75. The smallest absolute Gasteiger partial charge is 0.251 e. The number of aryl methyl sites for hydroxylation is 1. The molecule has 23 heavy (non-hydrogen) atoms. The number of nitrogens with zero attached hydrogens (tertiary/aromatic N) is 2. The fourth-order valence-corrected chi connectivity index (χ4v) is 3.51. The van der Waals surface area contributed by atoms with Crippen LogP contribution in [0, 0.1) is 5.92 Å². The molecule has 0 aromatic carbocycles. The average molecular weight is 315 g/mol. The summed E-state index contributed by atoms with van der Waals surface area (Å²) in [4.78, 5) is 16.6. The SMILES string of the molecule is COc1cnc2ccc(=O)n(CCCC3CCC(N)CC3)c2c1. The molecule has 2 N–H and O–H groups in total. The minimum Gasteiger partial charge on any atom is -0.495 e. The first kappa shape index (κ1) is 16.0. The summed E-state index contributed by atoms with van der Waals surface area (Å²) in [6.07, 6.45) is 8.58. The topological polar surface area (TPSA) is 70.1 Å². The van der Waals surface area contributed by atoms with Crippen molar-refractivity contribution in [2.24, 2.45) is 11.7 Å². The maximum atomic E-state index is 12.2. The Morgan fingerprint density at radius 3 is 2.83 bits per heavy atom. The predicted molar refractivity (Wildman–Crippen MR) is 91.7 cm³/mol. The molecule has 0 amide bonds. The fourth-order valence-electron chi connectivity index (χ4n) is 3.51. The van der Waals surface area contributed by atoms with Gasteiger partial charge in [-0.05, 0) is 50.5 Å². The molecule has 0 radical (unpaired) electrons. The first-order chi connectivity index (χ1) is 11.2. The lowest BCUT2D eigenvalue weighted by Crippen LogP contribution is -2.26. The van der Waals surface area contributed by atoms with Crippen LogP contribution in [0.4, 0.5) is 0 Å². The van der Waals surface area contributed by atoms with Gasteiger partial charge in [0, 0.05) is 24.7 Å². The molecule has 1 fully saturated rings. The third kappa shape index (κ3) is 3.72. The molecule has 2 heterocycles. The summed E-state index contributed by atoms with van der Waals surface area (Å²) in [5.41, 5.74) is 7.67. The van der Waals surface area contributed by atoms with E-state index in [1.165, 1.54) is 12.8 Å². The van der Waals surface area contributed by atoms with E-state index < -0.39 is 0 Å². The van der Waals surface area contributed by atoms with Crippen LogP contribution in [-0.2, 0) is 6.54 Å². The van der Waals surface area contributed by atoms with E-state index >= 15 is 0 Å². The van der Waals surface area contributed by atoms with Crippen molar-refractivity contribution in [2.75, 3.05) is 7.11 Å². The van der Waals surface area contributed by atoms with E-state index in [-0.39, 0.29) is 5.56 Å². The molecule has 1 saturated carbocycles. The van der Waals surface area contributed by atoms with Crippen LogP contribution < -0.4 is 16.0 Å². The van der Waals surface area contributed by atoms with Gasteiger partial charge in [-0.3, -0.25) is 9.78 Å². The lowest BCUT2D eigenvalue weighted by atomic mass is 9.84. The Morgan fingerprint density at radius 2 is 2.09 bits per heavy atom. The van der Waals surface area contributed by atoms with Crippen molar-refractivity contribution in [3.05, 3.63) is 34.7 Å². The Kier molecular flexibility index (Phi) is 4.96. The molecule has 0 unspecified atom stereocenters. The van der Waals surface area contributed by atoms with Crippen LogP contribution in [0.25, 0.3) is 11.0 Å². The molecule has 0 aliphatic heterocycles. The van der Waals surface area contributed by atoms with Gasteiger partial charge >= 0.3 is 0 Å². The van der Waals surface area contributed by atoms with Gasteiger partial charge in [0.2, 0.25) is 0 Å². The summed E-state index contributed by atoms with van der Waals surface area (Å²) >= 11 is 0. The molecule has 0 atom stereocenters. The number of hydrogen-bond donors (Lipinski definition) is 1. The van der Waals surface area contributed by atoms with Crippen molar-refractivity contribution in [3.8, 4) is 5.75 Å². The van der Waals surface area contributed by atoms with Gasteiger partial charge in [-0.1, -0.05) is 0 Å². The van der Waals surface area contributed by atoms with Crippen LogP contribution in [0.2, 0.25) is 0 Å². The van der Waals surface area contributed by atoms with E-state index in [0.29, 0.717) is 11.8 Å². The van der Waals surface area contributed by atoms with Gasteiger partial charge in [-0.25, -0.2) is 0 Å².